The van der Waals surface area contributed by atoms with Crippen LogP contribution < -0.4 is 4.74 Å². The summed E-state index contributed by atoms with van der Waals surface area (Å²) in [4.78, 5) is 10.9. The van der Waals surface area contributed by atoms with Gasteiger partial charge < -0.3 is 9.53 Å². The molecular formula is C12H14O2. The van der Waals surface area contributed by atoms with Gasteiger partial charge in [0.25, 0.3) is 0 Å². The molecule has 0 radical (unpaired) electrons. The Morgan fingerprint density at radius 1 is 1.50 bits per heavy atom. The predicted octanol–water partition coefficient (Wildman–Crippen LogP) is 2.31. The van der Waals surface area contributed by atoms with E-state index in [-0.39, 0.29) is 5.92 Å². The van der Waals surface area contributed by atoms with E-state index in [9.17, 15) is 4.79 Å². The van der Waals surface area contributed by atoms with Crippen LogP contribution in [-0.4, -0.2) is 13.4 Å². The van der Waals surface area contributed by atoms with Crippen LogP contribution in [0, 0.1) is 0 Å². The van der Waals surface area contributed by atoms with E-state index in [1.807, 2.05) is 12.1 Å². The second-order valence-corrected chi connectivity index (χ2v) is 3.70. The molecule has 1 unspecified atom stereocenters. The van der Waals surface area contributed by atoms with Crippen molar-refractivity contribution in [3.05, 3.63) is 29.3 Å². The number of benzene rings is 1. The number of rotatable bonds is 2. The van der Waals surface area contributed by atoms with Crippen molar-refractivity contribution in [1.82, 2.24) is 0 Å². The number of fused-ring (bicyclic) bond motifs is 1. The van der Waals surface area contributed by atoms with Gasteiger partial charge in [-0.3, -0.25) is 0 Å². The molecule has 0 amide bonds. The van der Waals surface area contributed by atoms with Gasteiger partial charge in [-0.1, -0.05) is 6.07 Å². The summed E-state index contributed by atoms with van der Waals surface area (Å²) in [5.74, 6) is 0.923. The van der Waals surface area contributed by atoms with Crippen molar-refractivity contribution in [2.24, 2.45) is 0 Å². The topological polar surface area (TPSA) is 26.3 Å². The molecule has 1 aromatic carbocycles. The van der Waals surface area contributed by atoms with Crippen molar-refractivity contribution < 1.29 is 9.53 Å². The van der Waals surface area contributed by atoms with Crippen molar-refractivity contribution >= 4 is 6.29 Å². The van der Waals surface area contributed by atoms with Gasteiger partial charge in [0.15, 0.2) is 0 Å². The third-order valence-corrected chi connectivity index (χ3v) is 2.88. The van der Waals surface area contributed by atoms with Crippen LogP contribution >= 0.6 is 0 Å². The van der Waals surface area contributed by atoms with E-state index >= 15 is 0 Å². The van der Waals surface area contributed by atoms with Crippen molar-refractivity contribution in [1.29, 1.82) is 0 Å². The van der Waals surface area contributed by atoms with Gasteiger partial charge in [-0.15, -0.1) is 0 Å². The van der Waals surface area contributed by atoms with Gasteiger partial charge in [0.1, 0.15) is 12.0 Å². The molecule has 2 rings (SSSR count). The smallest absolute Gasteiger partial charge is 0.127 e. The molecule has 0 fully saturated rings. The van der Waals surface area contributed by atoms with Crippen molar-refractivity contribution in [3.63, 3.8) is 0 Å². The number of carbonyl (C=O) groups excluding carboxylic acids is 1. The molecule has 1 aromatic rings. The van der Waals surface area contributed by atoms with Crippen molar-refractivity contribution in [3.8, 4) is 5.75 Å². The van der Waals surface area contributed by atoms with Crippen LogP contribution in [0.3, 0.4) is 0 Å². The summed E-state index contributed by atoms with van der Waals surface area (Å²) >= 11 is 0. The van der Waals surface area contributed by atoms with Gasteiger partial charge in [-0.25, -0.2) is 0 Å². The maximum atomic E-state index is 10.9. The summed E-state index contributed by atoms with van der Waals surface area (Å²) in [5.41, 5.74) is 2.46. The molecule has 74 valence electrons. The Morgan fingerprint density at radius 2 is 2.36 bits per heavy atom. The fourth-order valence-corrected chi connectivity index (χ4v) is 2.08. The van der Waals surface area contributed by atoms with E-state index in [1.54, 1.807) is 7.11 Å². The summed E-state index contributed by atoms with van der Waals surface area (Å²) in [7, 11) is 1.65. The highest BCUT2D eigenvalue weighted by Gasteiger charge is 2.19. The van der Waals surface area contributed by atoms with Gasteiger partial charge in [-0.2, -0.15) is 0 Å². The molecule has 0 bridgehead atoms. The van der Waals surface area contributed by atoms with Crippen LogP contribution in [-0.2, 0) is 11.2 Å². The minimum Gasteiger partial charge on any atom is -0.497 e. The molecule has 2 heteroatoms. The molecule has 1 atom stereocenters. The van der Waals surface area contributed by atoms with E-state index < -0.39 is 0 Å². The van der Waals surface area contributed by atoms with Gasteiger partial charge >= 0.3 is 0 Å². The highest BCUT2D eigenvalue weighted by molar-refractivity contribution is 5.64. The SMILES string of the molecule is COc1ccc2c(c1)C(C=O)CCC2. The second kappa shape index (κ2) is 3.82. The number of hydrogen-bond donors (Lipinski definition) is 0. The number of methoxy groups -OCH3 is 1. The second-order valence-electron chi connectivity index (χ2n) is 3.70. The maximum Gasteiger partial charge on any atom is 0.127 e. The summed E-state index contributed by atoms with van der Waals surface area (Å²) in [6, 6.07) is 6.03. The number of aldehydes is 1. The zero-order valence-electron chi connectivity index (χ0n) is 8.32. The lowest BCUT2D eigenvalue weighted by molar-refractivity contribution is -0.109. The molecule has 0 aliphatic heterocycles. The Labute approximate surface area is 83.9 Å². The number of carbonyl (C=O) groups is 1. The fourth-order valence-electron chi connectivity index (χ4n) is 2.08. The van der Waals surface area contributed by atoms with Crippen LogP contribution in [0.1, 0.15) is 29.9 Å². The lowest BCUT2D eigenvalue weighted by Gasteiger charge is -2.21. The number of hydrogen-bond acceptors (Lipinski definition) is 2. The molecule has 14 heavy (non-hydrogen) atoms. The van der Waals surface area contributed by atoms with Crippen LogP contribution in [0.15, 0.2) is 18.2 Å². The third kappa shape index (κ3) is 1.52. The highest BCUT2D eigenvalue weighted by atomic mass is 16.5. The molecule has 0 saturated heterocycles. The first-order valence-corrected chi connectivity index (χ1v) is 4.97. The van der Waals surface area contributed by atoms with E-state index in [4.69, 9.17) is 4.74 Å². The summed E-state index contributed by atoms with van der Waals surface area (Å²) in [5, 5.41) is 0. The molecule has 0 aromatic heterocycles. The zero-order chi connectivity index (χ0) is 9.97. The molecule has 0 heterocycles. The highest BCUT2D eigenvalue weighted by Crippen LogP contribution is 2.32. The van der Waals surface area contributed by atoms with Gasteiger partial charge in [0.2, 0.25) is 0 Å². The zero-order valence-corrected chi connectivity index (χ0v) is 8.32. The molecule has 1 aliphatic rings. The quantitative estimate of drug-likeness (QED) is 0.669. The molecule has 2 nitrogen and oxygen atoms in total. The Hall–Kier alpha value is -1.31. The van der Waals surface area contributed by atoms with Crippen LogP contribution in [0.5, 0.6) is 5.75 Å². The lowest BCUT2D eigenvalue weighted by atomic mass is 9.83. The average molecular weight is 190 g/mol. The van der Waals surface area contributed by atoms with Gasteiger partial charge in [-0.05, 0) is 42.5 Å². The van der Waals surface area contributed by atoms with Gasteiger partial charge in [0, 0.05) is 5.92 Å². The monoisotopic (exact) mass is 190 g/mol. The number of ether oxygens (including phenoxy) is 1. The Kier molecular flexibility index (Phi) is 2.53. The summed E-state index contributed by atoms with van der Waals surface area (Å²) < 4.78 is 5.16. The van der Waals surface area contributed by atoms with E-state index in [1.165, 1.54) is 5.56 Å². The van der Waals surface area contributed by atoms with Crippen LogP contribution in [0.25, 0.3) is 0 Å². The first-order chi connectivity index (χ1) is 6.85. The largest absolute Gasteiger partial charge is 0.497 e. The predicted molar refractivity (Wildman–Crippen MR) is 54.7 cm³/mol. The lowest BCUT2D eigenvalue weighted by Crippen LogP contribution is -2.10. The van der Waals surface area contributed by atoms with Gasteiger partial charge in [0.05, 0.1) is 7.11 Å². The van der Waals surface area contributed by atoms with E-state index in [2.05, 4.69) is 6.07 Å². The fraction of sp³-hybridized carbons (Fsp3) is 0.417. The van der Waals surface area contributed by atoms with Crippen LogP contribution in [0.2, 0.25) is 0 Å². The average Bonchev–Trinajstić information content (AvgIpc) is 2.27. The minimum atomic E-state index is 0.0776. The van der Waals surface area contributed by atoms with E-state index in [0.717, 1.165) is 36.9 Å². The maximum absolute atomic E-state index is 10.9. The first kappa shape index (κ1) is 9.25. The third-order valence-electron chi connectivity index (χ3n) is 2.88. The van der Waals surface area contributed by atoms with Crippen molar-refractivity contribution in [2.75, 3.05) is 7.11 Å². The first-order valence-electron chi connectivity index (χ1n) is 4.97. The molecular weight excluding hydrogens is 176 g/mol. The van der Waals surface area contributed by atoms with Crippen LogP contribution in [0.4, 0.5) is 0 Å². The Bertz CT molecular complexity index is 344. The molecule has 0 N–H and O–H groups in total. The Morgan fingerprint density at radius 3 is 3.07 bits per heavy atom. The summed E-state index contributed by atoms with van der Waals surface area (Å²) in [6.45, 7) is 0. The minimum absolute atomic E-state index is 0.0776. The molecule has 0 saturated carbocycles. The summed E-state index contributed by atoms with van der Waals surface area (Å²) in [6.07, 6.45) is 4.23. The standard InChI is InChI=1S/C12H14O2/c1-14-11-6-5-9-3-2-4-10(8-13)12(9)7-11/h5-8,10H,2-4H2,1H3. The van der Waals surface area contributed by atoms with E-state index in [0.29, 0.717) is 0 Å². The number of aryl methyl sites for hydroxylation is 1. The Balaban J connectivity index is 2.43. The normalized spacial score (nSPS) is 19.9. The van der Waals surface area contributed by atoms with Crippen molar-refractivity contribution in [2.45, 2.75) is 25.2 Å². The molecule has 0 spiro atoms. The molecule has 1 aliphatic carbocycles.